The fourth-order valence-corrected chi connectivity index (χ4v) is 3.92. The minimum absolute atomic E-state index is 0.168. The summed E-state index contributed by atoms with van der Waals surface area (Å²) in [6, 6.07) is 29.5. The Morgan fingerprint density at radius 2 is 1.59 bits per heavy atom. The van der Waals surface area contributed by atoms with Crippen molar-refractivity contribution in [3.8, 4) is 11.5 Å². The second-order valence-electron chi connectivity index (χ2n) is 8.51. The molecule has 4 aromatic carbocycles. The van der Waals surface area contributed by atoms with E-state index >= 15 is 0 Å². The molecule has 184 valence electrons. The van der Waals surface area contributed by atoms with E-state index in [1.165, 1.54) is 6.33 Å². The third-order valence-corrected chi connectivity index (χ3v) is 5.96. The number of carbonyl (C=O) groups is 1. The third kappa shape index (κ3) is 5.67. The van der Waals surface area contributed by atoms with Crippen LogP contribution in [-0.4, -0.2) is 22.6 Å². The molecule has 0 aliphatic heterocycles. The number of hydrogen-bond acceptors (Lipinski definition) is 5. The molecule has 0 saturated heterocycles. The molecule has 1 heterocycles. The van der Waals surface area contributed by atoms with Crippen LogP contribution < -0.4 is 20.3 Å². The maximum absolute atomic E-state index is 13.0. The molecule has 37 heavy (non-hydrogen) atoms. The van der Waals surface area contributed by atoms with E-state index < -0.39 is 0 Å². The SMILES string of the molecule is COc1ccc(Cn2cnc3cc(C(=O)Nc4ccc(OCc5ccccc5)cc4)ccc3c2=O)cc1. The maximum Gasteiger partial charge on any atom is 0.261 e. The van der Waals surface area contributed by atoms with Crippen LogP contribution in [0.2, 0.25) is 0 Å². The number of nitrogens with one attached hydrogen (secondary N) is 1. The number of anilines is 1. The Labute approximate surface area is 213 Å². The molecule has 5 aromatic rings. The van der Waals surface area contributed by atoms with Crippen molar-refractivity contribution in [1.82, 2.24) is 9.55 Å². The van der Waals surface area contributed by atoms with Gasteiger partial charge >= 0.3 is 0 Å². The Hall–Kier alpha value is -4.91. The maximum atomic E-state index is 13.0. The van der Waals surface area contributed by atoms with E-state index in [0.717, 1.165) is 16.9 Å². The normalized spacial score (nSPS) is 10.7. The number of carbonyl (C=O) groups excluding carboxylic acids is 1. The molecule has 0 aliphatic rings. The molecule has 0 radical (unpaired) electrons. The number of aromatic nitrogens is 2. The number of benzene rings is 4. The molecule has 0 aliphatic carbocycles. The Morgan fingerprint density at radius 1 is 0.865 bits per heavy atom. The van der Waals surface area contributed by atoms with E-state index in [-0.39, 0.29) is 11.5 Å². The zero-order valence-electron chi connectivity index (χ0n) is 20.3. The van der Waals surface area contributed by atoms with Crippen molar-refractivity contribution in [2.45, 2.75) is 13.2 Å². The van der Waals surface area contributed by atoms with Gasteiger partial charge in [0.15, 0.2) is 0 Å². The van der Waals surface area contributed by atoms with Crippen molar-refractivity contribution in [3.63, 3.8) is 0 Å². The predicted octanol–water partition coefficient (Wildman–Crippen LogP) is 5.28. The van der Waals surface area contributed by atoms with Crippen LogP contribution in [0.1, 0.15) is 21.5 Å². The number of nitrogens with zero attached hydrogens (tertiary/aromatic N) is 2. The average molecular weight is 492 g/mol. The van der Waals surface area contributed by atoms with E-state index in [0.29, 0.717) is 41.1 Å². The summed E-state index contributed by atoms with van der Waals surface area (Å²) >= 11 is 0. The lowest BCUT2D eigenvalue weighted by Gasteiger charge is -2.10. The average Bonchev–Trinajstić information content (AvgIpc) is 2.95. The molecule has 7 heteroatoms. The molecule has 1 N–H and O–H groups in total. The van der Waals surface area contributed by atoms with Gasteiger partial charge in [-0.2, -0.15) is 0 Å². The Morgan fingerprint density at radius 3 is 2.32 bits per heavy atom. The van der Waals surface area contributed by atoms with Gasteiger partial charge < -0.3 is 14.8 Å². The monoisotopic (exact) mass is 491 g/mol. The molecular weight excluding hydrogens is 466 g/mol. The van der Waals surface area contributed by atoms with Crippen LogP contribution in [0.5, 0.6) is 11.5 Å². The van der Waals surface area contributed by atoms with Crippen molar-refractivity contribution < 1.29 is 14.3 Å². The van der Waals surface area contributed by atoms with Gasteiger partial charge in [0.05, 0.1) is 30.9 Å². The highest BCUT2D eigenvalue weighted by atomic mass is 16.5. The van der Waals surface area contributed by atoms with Crippen LogP contribution in [0.4, 0.5) is 5.69 Å². The zero-order chi connectivity index (χ0) is 25.6. The minimum atomic E-state index is -0.288. The van der Waals surface area contributed by atoms with Crippen LogP contribution in [0.25, 0.3) is 10.9 Å². The summed E-state index contributed by atoms with van der Waals surface area (Å²) < 4.78 is 12.5. The Balaban J connectivity index is 1.25. The quantitative estimate of drug-likeness (QED) is 0.319. The third-order valence-electron chi connectivity index (χ3n) is 5.96. The molecule has 1 amide bonds. The standard InChI is InChI=1S/C30H25N3O4/c1-36-25-12-7-21(8-13-25)18-33-20-31-28-17-23(9-16-27(28)30(33)35)29(34)32-24-10-14-26(15-11-24)37-19-22-5-3-2-4-6-22/h2-17,20H,18-19H2,1H3,(H,32,34). The summed E-state index contributed by atoms with van der Waals surface area (Å²) in [7, 11) is 1.61. The van der Waals surface area contributed by atoms with Gasteiger partial charge in [0.1, 0.15) is 18.1 Å². The molecule has 7 nitrogen and oxygen atoms in total. The topological polar surface area (TPSA) is 82.5 Å². The van der Waals surface area contributed by atoms with Crippen LogP contribution in [0.3, 0.4) is 0 Å². The lowest BCUT2D eigenvalue weighted by atomic mass is 10.1. The molecular formula is C30H25N3O4. The molecule has 0 unspecified atom stereocenters. The summed E-state index contributed by atoms with van der Waals surface area (Å²) in [5.74, 6) is 1.18. The number of methoxy groups -OCH3 is 1. The fourth-order valence-electron chi connectivity index (χ4n) is 3.92. The van der Waals surface area contributed by atoms with Gasteiger partial charge in [-0.25, -0.2) is 4.98 Å². The van der Waals surface area contributed by atoms with E-state index in [2.05, 4.69) is 10.3 Å². The summed E-state index contributed by atoms with van der Waals surface area (Å²) in [4.78, 5) is 30.2. The molecule has 0 fully saturated rings. The molecule has 1 aromatic heterocycles. The predicted molar refractivity (Wildman–Crippen MR) is 143 cm³/mol. The first-order chi connectivity index (χ1) is 18.1. The number of ether oxygens (including phenoxy) is 2. The van der Waals surface area contributed by atoms with Gasteiger partial charge in [-0.3, -0.25) is 14.2 Å². The van der Waals surface area contributed by atoms with E-state index in [1.54, 1.807) is 42.0 Å². The highest BCUT2D eigenvalue weighted by Gasteiger charge is 2.11. The highest BCUT2D eigenvalue weighted by molar-refractivity contribution is 6.06. The van der Waals surface area contributed by atoms with Gasteiger partial charge in [0.2, 0.25) is 0 Å². The second kappa shape index (κ2) is 10.8. The second-order valence-corrected chi connectivity index (χ2v) is 8.51. The van der Waals surface area contributed by atoms with Crippen molar-refractivity contribution >= 4 is 22.5 Å². The molecule has 0 bridgehead atoms. The van der Waals surface area contributed by atoms with Gasteiger partial charge in [-0.05, 0) is 65.7 Å². The lowest BCUT2D eigenvalue weighted by molar-refractivity contribution is 0.102. The molecule has 0 saturated carbocycles. The first-order valence-electron chi connectivity index (χ1n) is 11.8. The van der Waals surface area contributed by atoms with Crippen molar-refractivity contribution in [2.24, 2.45) is 0 Å². The van der Waals surface area contributed by atoms with Crippen molar-refractivity contribution in [2.75, 3.05) is 12.4 Å². The highest BCUT2D eigenvalue weighted by Crippen LogP contribution is 2.19. The largest absolute Gasteiger partial charge is 0.497 e. The number of fused-ring (bicyclic) bond motifs is 1. The number of rotatable bonds is 8. The minimum Gasteiger partial charge on any atom is -0.497 e. The molecule has 0 spiro atoms. The van der Waals surface area contributed by atoms with Gasteiger partial charge in [0.25, 0.3) is 11.5 Å². The van der Waals surface area contributed by atoms with Crippen molar-refractivity contribution in [1.29, 1.82) is 0 Å². The molecule has 5 rings (SSSR count). The van der Waals surface area contributed by atoms with Crippen LogP contribution in [-0.2, 0) is 13.2 Å². The molecule has 0 atom stereocenters. The van der Waals surface area contributed by atoms with E-state index in [4.69, 9.17) is 9.47 Å². The summed E-state index contributed by atoms with van der Waals surface area (Å²) in [6.07, 6.45) is 1.50. The summed E-state index contributed by atoms with van der Waals surface area (Å²) in [6.45, 7) is 0.859. The van der Waals surface area contributed by atoms with E-state index in [9.17, 15) is 9.59 Å². The van der Waals surface area contributed by atoms with E-state index in [1.807, 2.05) is 66.7 Å². The Bertz CT molecular complexity index is 1580. The van der Waals surface area contributed by atoms with Gasteiger partial charge in [0, 0.05) is 11.3 Å². The van der Waals surface area contributed by atoms with Gasteiger partial charge in [-0.1, -0.05) is 42.5 Å². The Kier molecular flexibility index (Phi) is 6.94. The first-order valence-corrected chi connectivity index (χ1v) is 11.8. The van der Waals surface area contributed by atoms with Crippen molar-refractivity contribution in [3.05, 3.63) is 130 Å². The zero-order valence-corrected chi connectivity index (χ0v) is 20.3. The van der Waals surface area contributed by atoms with Crippen LogP contribution in [0.15, 0.2) is 108 Å². The fraction of sp³-hybridized carbons (Fsp3) is 0.100. The summed E-state index contributed by atoms with van der Waals surface area (Å²) in [5.41, 5.74) is 3.39. The lowest BCUT2D eigenvalue weighted by Crippen LogP contribution is -2.21. The smallest absolute Gasteiger partial charge is 0.261 e. The van der Waals surface area contributed by atoms with Crippen LogP contribution in [0, 0.1) is 0 Å². The summed E-state index contributed by atoms with van der Waals surface area (Å²) in [5, 5.41) is 3.33. The number of hydrogen-bond donors (Lipinski definition) is 1. The van der Waals surface area contributed by atoms with Gasteiger partial charge in [-0.15, -0.1) is 0 Å². The number of amides is 1. The first kappa shape index (κ1) is 23.8. The van der Waals surface area contributed by atoms with Crippen LogP contribution >= 0.6 is 0 Å².